The minimum Gasteiger partial charge on any atom is -0.481 e. The van der Waals surface area contributed by atoms with Crippen molar-refractivity contribution in [3.63, 3.8) is 0 Å². The Morgan fingerprint density at radius 3 is 2.54 bits per heavy atom. The molecule has 0 saturated carbocycles. The van der Waals surface area contributed by atoms with E-state index >= 15 is 0 Å². The van der Waals surface area contributed by atoms with Gasteiger partial charge in [0.15, 0.2) is 0 Å². The number of amides is 1. The van der Waals surface area contributed by atoms with Crippen LogP contribution in [0.15, 0.2) is 18.2 Å². The molecule has 1 aromatic carbocycles. The lowest BCUT2D eigenvalue weighted by Gasteiger charge is -2.41. The minimum absolute atomic E-state index is 0.0533. The van der Waals surface area contributed by atoms with Crippen LogP contribution in [0.5, 0.6) is 0 Å². The van der Waals surface area contributed by atoms with Gasteiger partial charge in [0.1, 0.15) is 5.82 Å². The van der Waals surface area contributed by atoms with Crippen molar-refractivity contribution in [1.82, 2.24) is 10.2 Å². The summed E-state index contributed by atoms with van der Waals surface area (Å²) in [5, 5.41) is 12.1. The number of halogens is 4. The predicted octanol–water partition coefficient (Wildman–Crippen LogP) is 2.40. The van der Waals surface area contributed by atoms with E-state index in [2.05, 4.69) is 5.32 Å². The number of hydrogen-bond acceptors (Lipinski definition) is 3. The minimum atomic E-state index is -4.76. The van der Waals surface area contributed by atoms with Gasteiger partial charge in [0.25, 0.3) is 0 Å². The molecule has 2 N–H and O–H groups in total. The Balaban J connectivity index is 1.68. The van der Waals surface area contributed by atoms with Gasteiger partial charge in [0.05, 0.1) is 17.0 Å². The van der Waals surface area contributed by atoms with E-state index in [1.54, 1.807) is 0 Å². The molecule has 1 atom stereocenters. The fourth-order valence-electron chi connectivity index (χ4n) is 3.85. The van der Waals surface area contributed by atoms with Crippen molar-refractivity contribution in [3.05, 3.63) is 35.1 Å². The Morgan fingerprint density at radius 2 is 1.96 bits per heavy atom. The molecule has 0 radical (unpaired) electrons. The van der Waals surface area contributed by atoms with E-state index in [0.717, 1.165) is 12.1 Å². The third-order valence-electron chi connectivity index (χ3n) is 5.23. The molecule has 142 valence electrons. The van der Waals surface area contributed by atoms with E-state index in [0.29, 0.717) is 31.5 Å². The Bertz CT molecular complexity index is 727. The summed E-state index contributed by atoms with van der Waals surface area (Å²) in [5.41, 5.74) is -1.75. The number of nitrogens with zero attached hydrogens (tertiary/aromatic N) is 1. The van der Waals surface area contributed by atoms with E-state index in [-0.39, 0.29) is 18.9 Å². The van der Waals surface area contributed by atoms with Gasteiger partial charge in [-0.2, -0.15) is 13.2 Å². The van der Waals surface area contributed by atoms with Gasteiger partial charge in [-0.05, 0) is 30.5 Å². The molecule has 0 aliphatic carbocycles. The van der Waals surface area contributed by atoms with Gasteiger partial charge in [-0.3, -0.25) is 14.5 Å². The number of benzene rings is 1. The largest absolute Gasteiger partial charge is 0.481 e. The second-order valence-corrected chi connectivity index (χ2v) is 6.89. The first kappa shape index (κ1) is 18.6. The van der Waals surface area contributed by atoms with Gasteiger partial charge < -0.3 is 10.4 Å². The third-order valence-corrected chi connectivity index (χ3v) is 5.23. The molecular weight excluding hydrogens is 356 g/mol. The van der Waals surface area contributed by atoms with Gasteiger partial charge in [-0.15, -0.1) is 0 Å². The Labute approximate surface area is 147 Å². The average Bonchev–Trinajstić information content (AvgIpc) is 2.87. The first-order valence-corrected chi connectivity index (χ1v) is 8.22. The molecule has 1 amide bonds. The number of alkyl halides is 3. The fraction of sp³-hybridized carbons (Fsp3) is 0.529. The molecule has 3 rings (SSSR count). The highest BCUT2D eigenvalue weighted by Gasteiger charge is 2.51. The number of carbonyl (C=O) groups is 2. The monoisotopic (exact) mass is 374 g/mol. The summed E-state index contributed by atoms with van der Waals surface area (Å²) in [4.78, 5) is 24.9. The van der Waals surface area contributed by atoms with Crippen molar-refractivity contribution >= 4 is 11.9 Å². The molecule has 0 aromatic heterocycles. The Hall–Kier alpha value is -2.16. The molecule has 2 aliphatic rings. The van der Waals surface area contributed by atoms with E-state index in [1.807, 2.05) is 4.90 Å². The number of carboxylic acids is 1. The standard InChI is InChI=1S/C17H18F4N2O3/c18-13-2-1-10(7-11(13)17(19,20)21)9-23-5-3-16(4-6-23)12(15(25)26)8-14(24)22-16/h1-2,7,12H,3-6,8-9H2,(H,22,24)(H,25,26)/t12-/m0/s1. The normalized spacial score (nSPS) is 23.2. The van der Waals surface area contributed by atoms with Crippen LogP contribution in [0.3, 0.4) is 0 Å². The highest BCUT2D eigenvalue weighted by molar-refractivity contribution is 5.88. The highest BCUT2D eigenvalue weighted by atomic mass is 19.4. The lowest BCUT2D eigenvalue weighted by Crippen LogP contribution is -2.55. The van der Waals surface area contributed by atoms with Crippen molar-refractivity contribution in [2.24, 2.45) is 5.92 Å². The molecule has 0 unspecified atom stereocenters. The Morgan fingerprint density at radius 1 is 1.31 bits per heavy atom. The number of rotatable bonds is 3. The number of hydrogen-bond donors (Lipinski definition) is 2. The number of piperidine rings is 1. The molecule has 1 spiro atoms. The van der Waals surface area contributed by atoms with Crippen molar-refractivity contribution < 1.29 is 32.3 Å². The molecular formula is C17H18F4N2O3. The number of carbonyl (C=O) groups excluding carboxylic acids is 1. The van der Waals surface area contributed by atoms with E-state index in [1.165, 1.54) is 6.07 Å². The Kier molecular flexibility index (Phi) is 4.68. The van der Waals surface area contributed by atoms with Crippen LogP contribution in [0.2, 0.25) is 0 Å². The smallest absolute Gasteiger partial charge is 0.419 e. The molecule has 2 fully saturated rings. The molecule has 2 heterocycles. The summed E-state index contributed by atoms with van der Waals surface area (Å²) in [6, 6.07) is 2.92. The van der Waals surface area contributed by atoms with Gasteiger partial charge in [-0.1, -0.05) is 6.07 Å². The predicted molar refractivity (Wildman–Crippen MR) is 82.5 cm³/mol. The number of aliphatic carboxylic acids is 1. The van der Waals surface area contributed by atoms with Crippen LogP contribution in [0.1, 0.15) is 30.4 Å². The molecule has 5 nitrogen and oxygen atoms in total. The maximum Gasteiger partial charge on any atom is 0.419 e. The lowest BCUT2D eigenvalue weighted by atomic mass is 9.77. The SMILES string of the molecule is O=C1C[C@@H](C(=O)O)C2(CCN(Cc3ccc(F)c(C(F)(F)F)c3)CC2)N1. The zero-order valence-corrected chi connectivity index (χ0v) is 13.8. The summed E-state index contributed by atoms with van der Waals surface area (Å²) in [7, 11) is 0. The third kappa shape index (κ3) is 3.53. The molecule has 2 saturated heterocycles. The average molecular weight is 374 g/mol. The van der Waals surface area contributed by atoms with E-state index < -0.39 is 35.0 Å². The molecule has 2 aliphatic heterocycles. The van der Waals surface area contributed by atoms with Crippen molar-refractivity contribution in [2.45, 2.75) is 37.5 Å². The number of nitrogens with one attached hydrogen (secondary N) is 1. The maximum atomic E-state index is 13.4. The van der Waals surface area contributed by atoms with Crippen LogP contribution in [-0.2, 0) is 22.3 Å². The highest BCUT2D eigenvalue weighted by Crippen LogP contribution is 2.37. The molecule has 26 heavy (non-hydrogen) atoms. The fourth-order valence-corrected chi connectivity index (χ4v) is 3.85. The lowest BCUT2D eigenvalue weighted by molar-refractivity contribution is -0.144. The van der Waals surface area contributed by atoms with Crippen molar-refractivity contribution in [1.29, 1.82) is 0 Å². The summed E-state index contributed by atoms with van der Waals surface area (Å²) >= 11 is 0. The van der Waals surface area contributed by atoms with Gasteiger partial charge in [-0.25, -0.2) is 4.39 Å². The van der Waals surface area contributed by atoms with Gasteiger partial charge in [0.2, 0.25) is 5.91 Å². The summed E-state index contributed by atoms with van der Waals surface area (Å²) in [6.45, 7) is 1.07. The van der Waals surface area contributed by atoms with E-state index in [9.17, 15) is 32.3 Å². The second-order valence-electron chi connectivity index (χ2n) is 6.89. The summed E-state index contributed by atoms with van der Waals surface area (Å²) in [5.74, 6) is -3.42. The first-order chi connectivity index (χ1) is 12.1. The zero-order chi connectivity index (χ0) is 19.1. The molecule has 9 heteroatoms. The summed E-state index contributed by atoms with van der Waals surface area (Å²) in [6.07, 6.45) is -4.00. The van der Waals surface area contributed by atoms with Crippen molar-refractivity contribution in [2.75, 3.05) is 13.1 Å². The van der Waals surface area contributed by atoms with Gasteiger partial charge in [0, 0.05) is 26.1 Å². The van der Waals surface area contributed by atoms with E-state index in [4.69, 9.17) is 0 Å². The molecule has 0 bridgehead atoms. The van der Waals surface area contributed by atoms with Crippen molar-refractivity contribution in [3.8, 4) is 0 Å². The zero-order valence-electron chi connectivity index (χ0n) is 13.8. The first-order valence-electron chi connectivity index (χ1n) is 8.22. The van der Waals surface area contributed by atoms with Crippen LogP contribution < -0.4 is 5.32 Å². The van der Waals surface area contributed by atoms with Crippen LogP contribution >= 0.6 is 0 Å². The quantitative estimate of drug-likeness (QED) is 0.798. The van der Waals surface area contributed by atoms with Gasteiger partial charge >= 0.3 is 12.1 Å². The number of likely N-dealkylation sites (tertiary alicyclic amines) is 1. The van der Waals surface area contributed by atoms with Crippen LogP contribution in [-0.4, -0.2) is 40.5 Å². The second kappa shape index (κ2) is 6.53. The number of carboxylic acid groups (broad SMARTS) is 1. The topological polar surface area (TPSA) is 69.6 Å². The van der Waals surface area contributed by atoms with Crippen LogP contribution in [0.4, 0.5) is 17.6 Å². The van der Waals surface area contributed by atoms with Crippen LogP contribution in [0, 0.1) is 11.7 Å². The van der Waals surface area contributed by atoms with Crippen LogP contribution in [0.25, 0.3) is 0 Å². The maximum absolute atomic E-state index is 13.4. The molecule has 1 aromatic rings. The summed E-state index contributed by atoms with van der Waals surface area (Å²) < 4.78 is 51.8.